The summed E-state index contributed by atoms with van der Waals surface area (Å²) < 4.78 is 26.0. The highest BCUT2D eigenvalue weighted by Crippen LogP contribution is 2.43. The summed E-state index contributed by atoms with van der Waals surface area (Å²) in [5, 5.41) is 1.39. The standard InChI is InChI=1S/C15H25NO2S2/c1-4-15(2,3)11-7-8-12(16)13(10-11)20(17,18)14-6-5-9-19-14/h5-6,9,11-13H,4,7-8,10,16H2,1-3H3. The lowest BCUT2D eigenvalue weighted by molar-refractivity contribution is 0.146. The molecule has 1 aliphatic carbocycles. The largest absolute Gasteiger partial charge is 0.327 e. The van der Waals surface area contributed by atoms with E-state index in [0.717, 1.165) is 19.3 Å². The molecule has 1 aliphatic rings. The van der Waals surface area contributed by atoms with Gasteiger partial charge in [0.05, 0.1) is 5.25 Å². The van der Waals surface area contributed by atoms with Crippen molar-refractivity contribution in [2.75, 3.05) is 0 Å². The Labute approximate surface area is 126 Å². The fourth-order valence-corrected chi connectivity index (χ4v) is 6.25. The van der Waals surface area contributed by atoms with Gasteiger partial charge in [0.15, 0.2) is 9.84 Å². The van der Waals surface area contributed by atoms with Crippen molar-refractivity contribution >= 4 is 21.2 Å². The topological polar surface area (TPSA) is 60.2 Å². The van der Waals surface area contributed by atoms with Crippen LogP contribution >= 0.6 is 11.3 Å². The Morgan fingerprint density at radius 1 is 1.40 bits per heavy atom. The molecule has 1 aromatic rings. The number of thiophene rings is 1. The number of hydrogen-bond acceptors (Lipinski definition) is 4. The lowest BCUT2D eigenvalue weighted by Crippen LogP contribution is -2.47. The maximum atomic E-state index is 12.8. The average molecular weight is 316 g/mol. The van der Waals surface area contributed by atoms with E-state index in [1.165, 1.54) is 11.3 Å². The molecule has 0 saturated heterocycles. The van der Waals surface area contributed by atoms with E-state index >= 15 is 0 Å². The Morgan fingerprint density at radius 3 is 2.65 bits per heavy atom. The second-order valence-corrected chi connectivity index (χ2v) is 9.87. The molecule has 3 unspecified atom stereocenters. The molecule has 3 nitrogen and oxygen atoms in total. The van der Waals surface area contributed by atoms with Gasteiger partial charge in [0, 0.05) is 6.04 Å². The van der Waals surface area contributed by atoms with Crippen LogP contribution < -0.4 is 5.73 Å². The number of rotatable bonds is 4. The first-order valence-electron chi connectivity index (χ1n) is 7.32. The molecule has 0 aromatic carbocycles. The van der Waals surface area contributed by atoms with Gasteiger partial charge in [-0.1, -0.05) is 33.3 Å². The summed E-state index contributed by atoms with van der Waals surface area (Å²) in [7, 11) is -3.28. The Kier molecular flexibility index (Phi) is 4.62. The quantitative estimate of drug-likeness (QED) is 0.925. The van der Waals surface area contributed by atoms with Crippen LogP contribution in [0, 0.1) is 11.3 Å². The zero-order valence-electron chi connectivity index (χ0n) is 12.5. The molecule has 3 atom stereocenters. The molecule has 1 aromatic heterocycles. The molecule has 114 valence electrons. The van der Waals surface area contributed by atoms with Crippen LogP contribution in [0.4, 0.5) is 0 Å². The second kappa shape index (κ2) is 5.78. The summed E-state index contributed by atoms with van der Waals surface area (Å²) in [5.41, 5.74) is 6.33. The van der Waals surface area contributed by atoms with Gasteiger partial charge in [-0.2, -0.15) is 0 Å². The molecule has 0 radical (unpaired) electrons. The highest BCUT2D eigenvalue weighted by atomic mass is 32.2. The molecule has 0 spiro atoms. The van der Waals surface area contributed by atoms with Crippen LogP contribution in [0.1, 0.15) is 46.5 Å². The number of hydrogen-bond donors (Lipinski definition) is 1. The van der Waals surface area contributed by atoms with Gasteiger partial charge in [-0.3, -0.25) is 0 Å². The van der Waals surface area contributed by atoms with Crippen molar-refractivity contribution in [3.05, 3.63) is 17.5 Å². The van der Waals surface area contributed by atoms with Gasteiger partial charge in [0.25, 0.3) is 0 Å². The highest BCUT2D eigenvalue weighted by molar-refractivity contribution is 7.94. The van der Waals surface area contributed by atoms with Crippen molar-refractivity contribution < 1.29 is 8.42 Å². The van der Waals surface area contributed by atoms with Crippen molar-refractivity contribution in [2.24, 2.45) is 17.1 Å². The molecule has 0 aliphatic heterocycles. The van der Waals surface area contributed by atoms with Crippen molar-refractivity contribution in [1.82, 2.24) is 0 Å². The van der Waals surface area contributed by atoms with Crippen LogP contribution in [-0.2, 0) is 9.84 Å². The van der Waals surface area contributed by atoms with Crippen molar-refractivity contribution in [1.29, 1.82) is 0 Å². The Bertz CT molecular complexity index is 534. The average Bonchev–Trinajstić information content (AvgIpc) is 2.93. The molecule has 1 saturated carbocycles. The Hall–Kier alpha value is -0.390. The summed E-state index contributed by atoms with van der Waals surface area (Å²) >= 11 is 1.30. The van der Waals surface area contributed by atoms with Gasteiger partial charge in [-0.25, -0.2) is 8.42 Å². The molecule has 2 rings (SSSR count). The molecule has 0 bridgehead atoms. The maximum Gasteiger partial charge on any atom is 0.192 e. The number of sulfone groups is 1. The molecule has 1 fully saturated rings. The van der Waals surface area contributed by atoms with E-state index in [1.807, 2.05) is 5.38 Å². The van der Waals surface area contributed by atoms with Crippen molar-refractivity contribution in [3.63, 3.8) is 0 Å². The fraction of sp³-hybridized carbons (Fsp3) is 0.733. The highest BCUT2D eigenvalue weighted by Gasteiger charge is 2.42. The van der Waals surface area contributed by atoms with Gasteiger partial charge in [0.1, 0.15) is 4.21 Å². The first kappa shape index (κ1) is 16.0. The van der Waals surface area contributed by atoms with Crippen LogP contribution in [-0.4, -0.2) is 19.7 Å². The van der Waals surface area contributed by atoms with E-state index in [9.17, 15) is 8.42 Å². The van der Waals surface area contributed by atoms with E-state index in [1.54, 1.807) is 12.1 Å². The van der Waals surface area contributed by atoms with Gasteiger partial charge < -0.3 is 5.73 Å². The predicted molar refractivity (Wildman–Crippen MR) is 84.7 cm³/mol. The smallest absolute Gasteiger partial charge is 0.192 e. The van der Waals surface area contributed by atoms with E-state index in [4.69, 9.17) is 5.73 Å². The monoisotopic (exact) mass is 315 g/mol. The summed E-state index contributed by atoms with van der Waals surface area (Å²) in [4.78, 5) is 0. The van der Waals surface area contributed by atoms with E-state index in [2.05, 4.69) is 20.8 Å². The van der Waals surface area contributed by atoms with Crippen LogP contribution in [0.15, 0.2) is 21.7 Å². The zero-order valence-corrected chi connectivity index (χ0v) is 14.1. The zero-order chi connectivity index (χ0) is 15.0. The van der Waals surface area contributed by atoms with Gasteiger partial charge in [-0.05, 0) is 42.0 Å². The van der Waals surface area contributed by atoms with Crippen LogP contribution in [0.3, 0.4) is 0 Å². The third-order valence-corrected chi connectivity index (χ3v) is 8.72. The minimum atomic E-state index is -3.28. The molecule has 2 N–H and O–H groups in total. The third kappa shape index (κ3) is 2.95. The molecule has 0 amide bonds. The summed E-state index contributed by atoms with van der Waals surface area (Å²) in [6, 6.07) is 3.26. The normalized spacial score (nSPS) is 28.5. The fourth-order valence-electron chi connectivity index (χ4n) is 3.08. The number of nitrogens with two attached hydrogens (primary N) is 1. The first-order valence-corrected chi connectivity index (χ1v) is 9.74. The van der Waals surface area contributed by atoms with Crippen molar-refractivity contribution in [3.8, 4) is 0 Å². The van der Waals surface area contributed by atoms with Crippen LogP contribution in [0.5, 0.6) is 0 Å². The minimum Gasteiger partial charge on any atom is -0.327 e. The Balaban J connectivity index is 2.26. The van der Waals surface area contributed by atoms with Crippen LogP contribution in [0.25, 0.3) is 0 Å². The maximum absolute atomic E-state index is 12.8. The lowest BCUT2D eigenvalue weighted by atomic mass is 9.69. The lowest BCUT2D eigenvalue weighted by Gasteiger charge is -2.41. The molecule has 20 heavy (non-hydrogen) atoms. The molecule has 1 heterocycles. The van der Waals surface area contributed by atoms with Gasteiger partial charge in [-0.15, -0.1) is 11.3 Å². The SMILES string of the molecule is CCC(C)(C)C1CCC(N)C(S(=O)(=O)c2cccs2)C1. The summed E-state index contributed by atoms with van der Waals surface area (Å²) in [6.45, 7) is 6.66. The summed E-state index contributed by atoms with van der Waals surface area (Å²) in [5.74, 6) is 0.437. The second-order valence-electron chi connectivity index (χ2n) is 6.53. The Morgan fingerprint density at radius 2 is 2.10 bits per heavy atom. The van der Waals surface area contributed by atoms with Gasteiger partial charge >= 0.3 is 0 Å². The predicted octanol–water partition coefficient (Wildman–Crippen LogP) is 3.45. The minimum absolute atomic E-state index is 0.184. The van der Waals surface area contributed by atoms with Crippen molar-refractivity contribution in [2.45, 2.75) is 62.0 Å². The van der Waals surface area contributed by atoms with Crippen LogP contribution in [0.2, 0.25) is 0 Å². The van der Waals surface area contributed by atoms with E-state index < -0.39 is 15.1 Å². The summed E-state index contributed by atoms with van der Waals surface area (Å²) in [6.07, 6.45) is 3.61. The third-order valence-electron chi connectivity index (χ3n) is 5.03. The van der Waals surface area contributed by atoms with Gasteiger partial charge in [0.2, 0.25) is 0 Å². The molecule has 5 heteroatoms. The molecular formula is C15H25NO2S2. The first-order chi connectivity index (χ1) is 9.29. The van der Waals surface area contributed by atoms with E-state index in [-0.39, 0.29) is 11.5 Å². The van der Waals surface area contributed by atoms with E-state index in [0.29, 0.717) is 16.5 Å². The molecular weight excluding hydrogens is 290 g/mol.